The van der Waals surface area contributed by atoms with E-state index in [0.29, 0.717) is 12.0 Å². The van der Waals surface area contributed by atoms with Crippen molar-refractivity contribution in [2.24, 2.45) is 5.41 Å². The fourth-order valence-electron chi connectivity index (χ4n) is 4.00. The van der Waals surface area contributed by atoms with Gasteiger partial charge in [-0.3, -0.25) is 4.79 Å². The molecule has 0 heterocycles. The molecule has 3 aromatic carbocycles. The van der Waals surface area contributed by atoms with Crippen molar-refractivity contribution < 1.29 is 44.3 Å². The Bertz CT molecular complexity index is 1240. The summed E-state index contributed by atoms with van der Waals surface area (Å²) in [6.07, 6.45) is 0.679. The SMILES string of the molecule is O=C(OCC1(COC(=O)c2ccc(O)cc2O)CCc2ccccc2C1=O)c1ccc(O)cc1O. The number of aromatic hydroxyl groups is 4. The number of aryl methyl sites for hydroxylation is 1. The van der Waals surface area contributed by atoms with Gasteiger partial charge in [0.25, 0.3) is 0 Å². The summed E-state index contributed by atoms with van der Waals surface area (Å²) in [4.78, 5) is 38.7. The molecule has 3 aromatic rings. The second-order valence-corrected chi connectivity index (χ2v) is 8.32. The lowest BCUT2D eigenvalue weighted by Crippen LogP contribution is -2.45. The molecule has 0 radical (unpaired) electrons. The Kier molecular flexibility index (Phi) is 6.33. The van der Waals surface area contributed by atoms with E-state index in [1.807, 2.05) is 6.07 Å². The summed E-state index contributed by atoms with van der Waals surface area (Å²) in [7, 11) is 0. The summed E-state index contributed by atoms with van der Waals surface area (Å²) in [5, 5.41) is 38.8. The molecule has 180 valence electrons. The quantitative estimate of drug-likeness (QED) is 0.391. The zero-order valence-corrected chi connectivity index (χ0v) is 18.4. The maximum Gasteiger partial charge on any atom is 0.341 e. The van der Waals surface area contributed by atoms with Gasteiger partial charge in [-0.25, -0.2) is 9.59 Å². The number of Topliss-reactive ketones (excluding diaryl/α,β-unsaturated/α-hetero) is 1. The summed E-state index contributed by atoms with van der Waals surface area (Å²) < 4.78 is 10.8. The number of ketones is 1. The molecule has 0 fully saturated rings. The van der Waals surface area contributed by atoms with Crippen LogP contribution in [0.5, 0.6) is 23.0 Å². The molecule has 1 aliphatic rings. The topological polar surface area (TPSA) is 151 Å². The number of hydrogen-bond acceptors (Lipinski definition) is 9. The Morgan fingerprint density at radius 3 is 1.80 bits per heavy atom. The lowest BCUT2D eigenvalue weighted by atomic mass is 9.71. The summed E-state index contributed by atoms with van der Waals surface area (Å²) in [5.41, 5.74) is -0.567. The smallest absolute Gasteiger partial charge is 0.341 e. The van der Waals surface area contributed by atoms with Crippen molar-refractivity contribution in [3.8, 4) is 23.0 Å². The monoisotopic (exact) mass is 478 g/mol. The fourth-order valence-corrected chi connectivity index (χ4v) is 4.00. The Labute approximate surface area is 199 Å². The molecule has 0 atom stereocenters. The van der Waals surface area contributed by atoms with E-state index in [2.05, 4.69) is 0 Å². The molecule has 0 amide bonds. The molecule has 0 aliphatic heterocycles. The number of rotatable bonds is 6. The van der Waals surface area contributed by atoms with Crippen molar-refractivity contribution in [1.29, 1.82) is 0 Å². The molecular weight excluding hydrogens is 456 g/mol. The first-order valence-corrected chi connectivity index (χ1v) is 10.7. The zero-order chi connectivity index (χ0) is 25.2. The second-order valence-electron chi connectivity index (χ2n) is 8.32. The van der Waals surface area contributed by atoms with E-state index in [9.17, 15) is 34.8 Å². The van der Waals surface area contributed by atoms with Crippen molar-refractivity contribution in [3.63, 3.8) is 0 Å². The minimum Gasteiger partial charge on any atom is -0.508 e. The van der Waals surface area contributed by atoms with Crippen LogP contribution in [-0.4, -0.2) is 51.4 Å². The van der Waals surface area contributed by atoms with Crippen LogP contribution in [0.25, 0.3) is 0 Å². The number of esters is 2. The third-order valence-electron chi connectivity index (χ3n) is 5.98. The van der Waals surface area contributed by atoms with Crippen LogP contribution in [0.1, 0.15) is 43.1 Å². The summed E-state index contributed by atoms with van der Waals surface area (Å²) in [5.74, 6) is -3.66. The van der Waals surface area contributed by atoms with Crippen molar-refractivity contribution in [2.45, 2.75) is 12.8 Å². The second kappa shape index (κ2) is 9.38. The highest BCUT2D eigenvalue weighted by Crippen LogP contribution is 2.37. The number of carbonyl (C=O) groups excluding carboxylic acids is 3. The van der Waals surface area contributed by atoms with Crippen LogP contribution in [0.3, 0.4) is 0 Å². The number of hydrogen-bond donors (Lipinski definition) is 4. The molecule has 9 heteroatoms. The van der Waals surface area contributed by atoms with Gasteiger partial charge in [-0.2, -0.15) is 0 Å². The summed E-state index contributed by atoms with van der Waals surface area (Å²) in [6, 6.07) is 13.7. The van der Waals surface area contributed by atoms with Gasteiger partial charge >= 0.3 is 11.9 Å². The third kappa shape index (κ3) is 4.74. The Morgan fingerprint density at radius 1 is 0.771 bits per heavy atom. The largest absolute Gasteiger partial charge is 0.508 e. The minimum atomic E-state index is -1.40. The Balaban J connectivity index is 1.58. The molecule has 9 nitrogen and oxygen atoms in total. The van der Waals surface area contributed by atoms with Crippen LogP contribution >= 0.6 is 0 Å². The maximum absolute atomic E-state index is 13.5. The molecule has 1 aliphatic carbocycles. The highest BCUT2D eigenvalue weighted by atomic mass is 16.5. The lowest BCUT2D eigenvalue weighted by molar-refractivity contribution is -0.00352. The van der Waals surface area contributed by atoms with Gasteiger partial charge in [0.1, 0.15) is 52.8 Å². The zero-order valence-electron chi connectivity index (χ0n) is 18.4. The number of fused-ring (bicyclic) bond motifs is 1. The van der Waals surface area contributed by atoms with E-state index in [-0.39, 0.29) is 34.8 Å². The van der Waals surface area contributed by atoms with E-state index in [0.717, 1.165) is 17.7 Å². The highest BCUT2D eigenvalue weighted by Gasteiger charge is 2.45. The van der Waals surface area contributed by atoms with Gasteiger partial charge in [-0.15, -0.1) is 0 Å². The van der Waals surface area contributed by atoms with Crippen molar-refractivity contribution in [2.75, 3.05) is 13.2 Å². The molecule has 0 saturated carbocycles. The standard InChI is InChI=1S/C26H22O9/c27-16-5-7-19(21(29)11-16)24(32)34-13-26(10-9-15-3-1-2-4-18(15)23(26)31)14-35-25(33)20-8-6-17(28)12-22(20)30/h1-8,11-12,27-30H,9-10,13-14H2. The Morgan fingerprint density at radius 2 is 1.29 bits per heavy atom. The molecule has 4 rings (SSSR count). The van der Waals surface area contributed by atoms with Gasteiger partial charge in [0.05, 0.1) is 0 Å². The number of benzene rings is 3. The molecule has 0 saturated heterocycles. The van der Waals surface area contributed by atoms with Gasteiger partial charge in [0.2, 0.25) is 0 Å². The highest BCUT2D eigenvalue weighted by molar-refractivity contribution is 6.03. The van der Waals surface area contributed by atoms with E-state index >= 15 is 0 Å². The predicted molar refractivity (Wildman–Crippen MR) is 122 cm³/mol. The normalized spacial score (nSPS) is 14.1. The van der Waals surface area contributed by atoms with Gasteiger partial charge in [0, 0.05) is 17.7 Å². The van der Waals surface area contributed by atoms with Crippen molar-refractivity contribution in [3.05, 3.63) is 82.9 Å². The number of ether oxygens (including phenoxy) is 2. The van der Waals surface area contributed by atoms with Crippen molar-refractivity contribution in [1.82, 2.24) is 0 Å². The number of phenolic OH excluding ortho intramolecular Hbond substituents is 4. The van der Waals surface area contributed by atoms with Crippen LogP contribution < -0.4 is 0 Å². The minimum absolute atomic E-state index is 0.201. The average molecular weight is 478 g/mol. The lowest BCUT2D eigenvalue weighted by Gasteiger charge is -2.35. The maximum atomic E-state index is 13.5. The predicted octanol–water partition coefficient (Wildman–Crippen LogP) is 3.34. The van der Waals surface area contributed by atoms with Gasteiger partial charge in [0.15, 0.2) is 5.78 Å². The fraction of sp³-hybridized carbons (Fsp3) is 0.192. The van der Waals surface area contributed by atoms with Crippen LogP contribution in [0.15, 0.2) is 60.7 Å². The third-order valence-corrected chi connectivity index (χ3v) is 5.98. The molecule has 0 aromatic heterocycles. The first kappa shape index (κ1) is 23.6. The van der Waals surface area contributed by atoms with Gasteiger partial charge in [-0.05, 0) is 42.7 Å². The number of phenols is 4. The summed E-state index contributed by atoms with van der Waals surface area (Å²) in [6.45, 7) is -0.873. The molecule has 0 unspecified atom stereocenters. The summed E-state index contributed by atoms with van der Waals surface area (Å²) >= 11 is 0. The van der Waals surface area contributed by atoms with E-state index < -0.39 is 42.1 Å². The van der Waals surface area contributed by atoms with Gasteiger partial charge < -0.3 is 29.9 Å². The van der Waals surface area contributed by atoms with Crippen LogP contribution in [0.2, 0.25) is 0 Å². The average Bonchev–Trinajstić information content (AvgIpc) is 2.83. The molecule has 0 spiro atoms. The van der Waals surface area contributed by atoms with Crippen LogP contribution in [0.4, 0.5) is 0 Å². The van der Waals surface area contributed by atoms with Crippen LogP contribution in [0, 0.1) is 5.41 Å². The van der Waals surface area contributed by atoms with E-state index in [4.69, 9.17) is 9.47 Å². The van der Waals surface area contributed by atoms with Crippen molar-refractivity contribution >= 4 is 17.7 Å². The van der Waals surface area contributed by atoms with E-state index in [1.54, 1.807) is 18.2 Å². The molecule has 35 heavy (non-hydrogen) atoms. The number of carbonyl (C=O) groups is 3. The van der Waals surface area contributed by atoms with Gasteiger partial charge in [-0.1, -0.05) is 24.3 Å². The first-order valence-electron chi connectivity index (χ1n) is 10.7. The molecule has 0 bridgehead atoms. The molecule has 4 N–H and O–H groups in total. The first-order chi connectivity index (χ1) is 16.7. The Hall–Kier alpha value is -4.53. The van der Waals surface area contributed by atoms with Crippen LogP contribution in [-0.2, 0) is 15.9 Å². The molecular formula is C26H22O9. The van der Waals surface area contributed by atoms with E-state index in [1.165, 1.54) is 24.3 Å².